The Morgan fingerprint density at radius 1 is 1.07 bits per heavy atom. The number of hydrogen-bond donors (Lipinski definition) is 0. The van der Waals surface area contributed by atoms with E-state index < -0.39 is 0 Å². The SMILES string of the molecule is CC=CC[Si]CC=Cc1ccccc1. The highest BCUT2D eigenvalue weighted by atomic mass is 28.2. The van der Waals surface area contributed by atoms with E-state index in [2.05, 4.69) is 55.5 Å². The number of allylic oxidation sites excluding steroid dienone is 3. The molecular formula is C13H16Si. The van der Waals surface area contributed by atoms with Crippen LogP contribution in [0.1, 0.15) is 12.5 Å². The van der Waals surface area contributed by atoms with Gasteiger partial charge >= 0.3 is 0 Å². The molecule has 0 aliphatic carbocycles. The summed E-state index contributed by atoms with van der Waals surface area (Å²) in [6.07, 6.45) is 8.81. The van der Waals surface area contributed by atoms with Crippen LogP contribution in [0.3, 0.4) is 0 Å². The maximum atomic E-state index is 2.26. The van der Waals surface area contributed by atoms with Gasteiger partial charge < -0.3 is 0 Å². The fourth-order valence-corrected chi connectivity index (χ4v) is 1.98. The zero-order valence-corrected chi connectivity index (χ0v) is 9.61. The van der Waals surface area contributed by atoms with Crippen molar-refractivity contribution in [3.05, 3.63) is 54.1 Å². The van der Waals surface area contributed by atoms with Crippen LogP contribution in [0.15, 0.2) is 48.6 Å². The molecule has 0 amide bonds. The van der Waals surface area contributed by atoms with E-state index in [0.29, 0.717) is 0 Å². The summed E-state index contributed by atoms with van der Waals surface area (Å²) in [5.41, 5.74) is 1.29. The van der Waals surface area contributed by atoms with Gasteiger partial charge in [0.2, 0.25) is 0 Å². The molecule has 1 heteroatoms. The average molecular weight is 200 g/mol. The van der Waals surface area contributed by atoms with E-state index in [1.807, 2.05) is 6.07 Å². The highest BCUT2D eigenvalue weighted by molar-refractivity contribution is 6.36. The smallest absolute Gasteiger partial charge is 0.0462 e. The molecule has 1 aromatic carbocycles. The predicted molar refractivity (Wildman–Crippen MR) is 65.7 cm³/mol. The van der Waals surface area contributed by atoms with Gasteiger partial charge in [-0.3, -0.25) is 0 Å². The van der Waals surface area contributed by atoms with Gasteiger partial charge in [0.25, 0.3) is 0 Å². The van der Waals surface area contributed by atoms with Crippen LogP contribution in [0.5, 0.6) is 0 Å². The summed E-state index contributed by atoms with van der Waals surface area (Å²) in [6.45, 7) is 2.07. The monoisotopic (exact) mass is 200 g/mol. The third-order valence-electron chi connectivity index (χ3n) is 1.87. The number of rotatable bonds is 5. The van der Waals surface area contributed by atoms with Gasteiger partial charge in [-0.2, -0.15) is 0 Å². The van der Waals surface area contributed by atoms with E-state index in [1.54, 1.807) is 0 Å². The van der Waals surface area contributed by atoms with Crippen LogP contribution in [0.25, 0.3) is 6.08 Å². The summed E-state index contributed by atoms with van der Waals surface area (Å²) < 4.78 is 0. The second kappa shape index (κ2) is 7.33. The first kappa shape index (κ1) is 11.0. The van der Waals surface area contributed by atoms with Crippen LogP contribution in [0.4, 0.5) is 0 Å². The molecular weight excluding hydrogens is 184 g/mol. The van der Waals surface area contributed by atoms with Crippen molar-refractivity contribution in [3.63, 3.8) is 0 Å². The molecule has 0 unspecified atom stereocenters. The summed E-state index contributed by atoms with van der Waals surface area (Å²) in [5.74, 6) is 0. The molecule has 72 valence electrons. The quantitative estimate of drug-likeness (QED) is 0.385. The molecule has 0 atom stereocenters. The molecule has 0 aliphatic heterocycles. The Hall–Kier alpha value is -1.08. The van der Waals surface area contributed by atoms with Crippen molar-refractivity contribution in [2.24, 2.45) is 0 Å². The molecule has 14 heavy (non-hydrogen) atoms. The van der Waals surface area contributed by atoms with E-state index in [1.165, 1.54) is 17.7 Å². The Kier molecular flexibility index (Phi) is 5.76. The zero-order valence-electron chi connectivity index (χ0n) is 8.61. The van der Waals surface area contributed by atoms with Crippen LogP contribution in [0, 0.1) is 0 Å². The molecule has 0 aromatic heterocycles. The summed E-state index contributed by atoms with van der Waals surface area (Å²) >= 11 is 0. The van der Waals surface area contributed by atoms with Crippen molar-refractivity contribution in [1.82, 2.24) is 0 Å². The van der Waals surface area contributed by atoms with Crippen LogP contribution < -0.4 is 0 Å². The summed E-state index contributed by atoms with van der Waals surface area (Å²) in [6, 6.07) is 12.9. The first-order valence-corrected chi connectivity index (χ1v) is 6.38. The third kappa shape index (κ3) is 4.82. The molecule has 2 radical (unpaired) electrons. The molecule has 0 fully saturated rings. The minimum absolute atomic E-state index is 1.02. The third-order valence-corrected chi connectivity index (χ3v) is 2.92. The second-order valence-electron chi connectivity index (χ2n) is 3.04. The Balaban J connectivity index is 2.21. The first-order valence-electron chi connectivity index (χ1n) is 4.97. The van der Waals surface area contributed by atoms with E-state index >= 15 is 0 Å². The second-order valence-corrected chi connectivity index (χ2v) is 4.36. The van der Waals surface area contributed by atoms with Crippen LogP contribution in [0.2, 0.25) is 12.1 Å². The van der Waals surface area contributed by atoms with Crippen molar-refractivity contribution >= 4 is 15.6 Å². The van der Waals surface area contributed by atoms with Crippen molar-refractivity contribution in [2.45, 2.75) is 19.0 Å². The standard InChI is InChI=1S/C13H16Si/c1-2-3-11-14-12-7-10-13-8-5-4-6-9-13/h2-10H,11-12H2,1H3. The Labute approximate surface area is 89.2 Å². The Morgan fingerprint density at radius 3 is 2.50 bits per heavy atom. The van der Waals surface area contributed by atoms with E-state index in [-0.39, 0.29) is 0 Å². The number of benzene rings is 1. The molecule has 0 bridgehead atoms. The Morgan fingerprint density at radius 2 is 1.79 bits per heavy atom. The molecule has 1 aromatic rings. The lowest BCUT2D eigenvalue weighted by Crippen LogP contribution is -1.81. The molecule has 0 spiro atoms. The van der Waals surface area contributed by atoms with Gasteiger partial charge in [0.15, 0.2) is 0 Å². The molecule has 0 N–H and O–H groups in total. The lowest BCUT2D eigenvalue weighted by atomic mass is 10.2. The maximum absolute atomic E-state index is 2.26. The summed E-state index contributed by atoms with van der Waals surface area (Å²) in [4.78, 5) is 0. The van der Waals surface area contributed by atoms with Gasteiger partial charge in [-0.1, -0.05) is 54.6 Å². The van der Waals surface area contributed by atoms with Gasteiger partial charge in [0, 0.05) is 9.52 Å². The zero-order chi connectivity index (χ0) is 10.1. The van der Waals surface area contributed by atoms with Crippen molar-refractivity contribution in [2.75, 3.05) is 0 Å². The van der Waals surface area contributed by atoms with Crippen molar-refractivity contribution in [3.8, 4) is 0 Å². The average Bonchev–Trinajstić information content (AvgIpc) is 2.25. The molecule has 0 heterocycles. The fraction of sp³-hybridized carbons (Fsp3) is 0.231. The highest BCUT2D eigenvalue weighted by Crippen LogP contribution is 2.02. The number of hydrogen-bond acceptors (Lipinski definition) is 0. The maximum Gasteiger partial charge on any atom is 0.0462 e. The topological polar surface area (TPSA) is 0 Å². The van der Waals surface area contributed by atoms with Gasteiger partial charge in [-0.05, 0) is 24.6 Å². The first-order chi connectivity index (χ1) is 6.93. The van der Waals surface area contributed by atoms with Crippen LogP contribution in [-0.2, 0) is 0 Å². The van der Waals surface area contributed by atoms with E-state index in [0.717, 1.165) is 9.52 Å². The van der Waals surface area contributed by atoms with Crippen LogP contribution in [-0.4, -0.2) is 9.52 Å². The minimum atomic E-state index is 1.02. The van der Waals surface area contributed by atoms with E-state index in [9.17, 15) is 0 Å². The van der Waals surface area contributed by atoms with Gasteiger partial charge in [0.1, 0.15) is 0 Å². The molecule has 0 saturated heterocycles. The van der Waals surface area contributed by atoms with Gasteiger partial charge in [-0.25, -0.2) is 0 Å². The molecule has 0 aliphatic rings. The molecule has 1 rings (SSSR count). The minimum Gasteiger partial charge on any atom is -0.0920 e. The van der Waals surface area contributed by atoms with Crippen LogP contribution >= 0.6 is 0 Å². The molecule has 0 saturated carbocycles. The van der Waals surface area contributed by atoms with Gasteiger partial charge in [-0.15, -0.1) is 0 Å². The van der Waals surface area contributed by atoms with Crippen molar-refractivity contribution < 1.29 is 0 Å². The van der Waals surface area contributed by atoms with Crippen molar-refractivity contribution in [1.29, 1.82) is 0 Å². The van der Waals surface area contributed by atoms with E-state index in [4.69, 9.17) is 0 Å². The largest absolute Gasteiger partial charge is 0.0920 e. The molecule has 0 nitrogen and oxygen atoms in total. The normalized spacial score (nSPS) is 11.5. The lowest BCUT2D eigenvalue weighted by Gasteiger charge is -1.91. The predicted octanol–water partition coefficient (Wildman–Crippen LogP) is 3.82. The fourth-order valence-electron chi connectivity index (χ4n) is 1.13. The van der Waals surface area contributed by atoms with Gasteiger partial charge in [0.05, 0.1) is 0 Å². The highest BCUT2D eigenvalue weighted by Gasteiger charge is 1.84. The summed E-state index contributed by atoms with van der Waals surface area (Å²) in [5, 5.41) is 0. The lowest BCUT2D eigenvalue weighted by molar-refractivity contribution is 1.55. The Bertz CT molecular complexity index is 285. The summed E-state index contributed by atoms with van der Waals surface area (Å²) in [7, 11) is 1.02.